The summed E-state index contributed by atoms with van der Waals surface area (Å²) in [5, 5.41) is 6.18. The average molecular weight is 244 g/mol. The van der Waals surface area contributed by atoms with E-state index < -0.39 is 0 Å². The number of ether oxygens (including phenoxy) is 1. The SMILES string of the molecule is CC1(OCC(=O)NC2CCCSC2)CNC1. The summed E-state index contributed by atoms with van der Waals surface area (Å²) in [5.41, 5.74) is -0.126. The molecule has 2 rings (SSSR count). The number of rotatable bonds is 4. The lowest BCUT2D eigenvalue weighted by atomic mass is 10.0. The lowest BCUT2D eigenvalue weighted by Crippen LogP contribution is -2.59. The molecule has 0 aromatic heterocycles. The second kappa shape index (κ2) is 5.38. The van der Waals surface area contributed by atoms with E-state index in [0.29, 0.717) is 6.04 Å². The van der Waals surface area contributed by atoms with E-state index in [2.05, 4.69) is 10.6 Å². The predicted octanol–water partition coefficient (Wildman–Crippen LogP) is 0.377. The van der Waals surface area contributed by atoms with Gasteiger partial charge in [0, 0.05) is 24.9 Å². The van der Waals surface area contributed by atoms with Crippen LogP contribution in [0.15, 0.2) is 0 Å². The zero-order valence-corrected chi connectivity index (χ0v) is 10.6. The predicted molar refractivity (Wildman–Crippen MR) is 65.7 cm³/mol. The highest BCUT2D eigenvalue weighted by Crippen LogP contribution is 2.17. The Balaban J connectivity index is 1.63. The van der Waals surface area contributed by atoms with Crippen LogP contribution in [-0.4, -0.2) is 48.8 Å². The highest BCUT2D eigenvalue weighted by atomic mass is 32.2. The Morgan fingerprint density at radius 3 is 3.00 bits per heavy atom. The van der Waals surface area contributed by atoms with Gasteiger partial charge in [0.05, 0.1) is 5.60 Å². The van der Waals surface area contributed by atoms with Crippen molar-refractivity contribution < 1.29 is 9.53 Å². The molecule has 0 saturated carbocycles. The third-order valence-corrected chi connectivity index (χ3v) is 4.29. The third-order valence-electron chi connectivity index (χ3n) is 3.08. The van der Waals surface area contributed by atoms with Crippen LogP contribution in [0.5, 0.6) is 0 Å². The highest BCUT2D eigenvalue weighted by molar-refractivity contribution is 7.99. The van der Waals surface area contributed by atoms with E-state index >= 15 is 0 Å². The minimum absolute atomic E-state index is 0.0284. The topological polar surface area (TPSA) is 50.4 Å². The van der Waals surface area contributed by atoms with Crippen molar-refractivity contribution in [2.24, 2.45) is 0 Å². The Bertz CT molecular complexity index is 250. The summed E-state index contributed by atoms with van der Waals surface area (Å²) < 4.78 is 5.59. The van der Waals surface area contributed by atoms with Crippen LogP contribution in [0.25, 0.3) is 0 Å². The number of hydrogen-bond donors (Lipinski definition) is 2. The molecule has 1 atom stereocenters. The van der Waals surface area contributed by atoms with Gasteiger partial charge in [-0.1, -0.05) is 0 Å². The van der Waals surface area contributed by atoms with Crippen LogP contribution in [0.4, 0.5) is 0 Å². The number of thioether (sulfide) groups is 1. The van der Waals surface area contributed by atoms with Crippen molar-refractivity contribution in [1.29, 1.82) is 0 Å². The summed E-state index contributed by atoms with van der Waals surface area (Å²) >= 11 is 1.92. The maximum atomic E-state index is 11.6. The molecule has 0 spiro atoms. The molecule has 0 aliphatic carbocycles. The summed E-state index contributed by atoms with van der Waals surface area (Å²) in [6.45, 7) is 3.92. The highest BCUT2D eigenvalue weighted by Gasteiger charge is 2.33. The summed E-state index contributed by atoms with van der Waals surface area (Å²) in [6.07, 6.45) is 2.32. The van der Waals surface area contributed by atoms with Crippen molar-refractivity contribution in [2.75, 3.05) is 31.2 Å². The number of carbonyl (C=O) groups excluding carboxylic acids is 1. The molecule has 2 aliphatic heterocycles. The first kappa shape index (κ1) is 12.2. The fraction of sp³-hybridized carbons (Fsp3) is 0.909. The molecule has 92 valence electrons. The molecular formula is C11H20N2O2S. The van der Waals surface area contributed by atoms with Crippen LogP contribution < -0.4 is 10.6 Å². The normalized spacial score (nSPS) is 28.2. The van der Waals surface area contributed by atoms with E-state index in [9.17, 15) is 4.79 Å². The fourth-order valence-corrected chi connectivity index (χ4v) is 3.01. The van der Waals surface area contributed by atoms with E-state index in [0.717, 1.165) is 25.3 Å². The van der Waals surface area contributed by atoms with Crippen LogP contribution in [0.2, 0.25) is 0 Å². The maximum absolute atomic E-state index is 11.6. The zero-order chi connectivity index (χ0) is 11.4. The molecular weight excluding hydrogens is 224 g/mol. The third kappa shape index (κ3) is 3.37. The standard InChI is InChI=1S/C11H20N2O2S/c1-11(7-12-8-11)15-5-10(14)13-9-3-2-4-16-6-9/h9,12H,2-8H2,1H3,(H,13,14). The summed E-state index contributed by atoms with van der Waals surface area (Å²) in [6, 6.07) is 0.349. The van der Waals surface area contributed by atoms with Crippen molar-refractivity contribution in [3.05, 3.63) is 0 Å². The van der Waals surface area contributed by atoms with Crippen molar-refractivity contribution in [2.45, 2.75) is 31.4 Å². The number of hydrogen-bond acceptors (Lipinski definition) is 4. The molecule has 0 aromatic rings. The van der Waals surface area contributed by atoms with Gasteiger partial charge in [-0.3, -0.25) is 4.79 Å². The Hall–Kier alpha value is -0.260. The van der Waals surface area contributed by atoms with Gasteiger partial charge in [0.15, 0.2) is 0 Å². The van der Waals surface area contributed by atoms with Crippen molar-refractivity contribution in [3.8, 4) is 0 Å². The first-order valence-electron chi connectivity index (χ1n) is 5.90. The fourth-order valence-electron chi connectivity index (χ4n) is 1.94. The molecule has 16 heavy (non-hydrogen) atoms. The number of nitrogens with one attached hydrogen (secondary N) is 2. The molecule has 5 heteroatoms. The van der Waals surface area contributed by atoms with Crippen molar-refractivity contribution in [3.63, 3.8) is 0 Å². The zero-order valence-electron chi connectivity index (χ0n) is 9.75. The Morgan fingerprint density at radius 2 is 2.44 bits per heavy atom. The van der Waals surface area contributed by atoms with E-state index in [-0.39, 0.29) is 18.1 Å². The molecule has 2 aliphatic rings. The van der Waals surface area contributed by atoms with E-state index in [1.807, 2.05) is 18.7 Å². The quantitative estimate of drug-likeness (QED) is 0.750. The molecule has 0 radical (unpaired) electrons. The number of carbonyl (C=O) groups is 1. The van der Waals surface area contributed by atoms with Crippen molar-refractivity contribution >= 4 is 17.7 Å². The van der Waals surface area contributed by atoms with E-state index in [4.69, 9.17) is 4.74 Å². The molecule has 2 N–H and O–H groups in total. The summed E-state index contributed by atoms with van der Waals surface area (Å²) in [4.78, 5) is 11.6. The monoisotopic (exact) mass is 244 g/mol. The average Bonchev–Trinajstić information content (AvgIpc) is 2.25. The van der Waals surface area contributed by atoms with Crippen LogP contribution in [-0.2, 0) is 9.53 Å². The Morgan fingerprint density at radius 1 is 1.62 bits per heavy atom. The van der Waals surface area contributed by atoms with Gasteiger partial charge in [0.1, 0.15) is 6.61 Å². The van der Waals surface area contributed by atoms with Crippen LogP contribution in [0.3, 0.4) is 0 Å². The van der Waals surface area contributed by atoms with Gasteiger partial charge in [-0.15, -0.1) is 0 Å². The molecule has 1 unspecified atom stereocenters. The molecule has 4 nitrogen and oxygen atoms in total. The van der Waals surface area contributed by atoms with E-state index in [1.165, 1.54) is 12.2 Å². The van der Waals surface area contributed by atoms with Crippen LogP contribution in [0.1, 0.15) is 19.8 Å². The minimum atomic E-state index is -0.126. The second-order valence-corrected chi connectivity index (χ2v) is 5.97. The van der Waals surface area contributed by atoms with Gasteiger partial charge < -0.3 is 15.4 Å². The van der Waals surface area contributed by atoms with Gasteiger partial charge in [-0.2, -0.15) is 11.8 Å². The lowest BCUT2D eigenvalue weighted by molar-refractivity contribution is -0.136. The summed E-state index contributed by atoms with van der Waals surface area (Å²) in [5.74, 6) is 2.30. The van der Waals surface area contributed by atoms with Crippen LogP contribution >= 0.6 is 11.8 Å². The molecule has 2 saturated heterocycles. The number of amides is 1. The molecule has 1 amide bonds. The van der Waals surface area contributed by atoms with Crippen LogP contribution in [0, 0.1) is 0 Å². The largest absolute Gasteiger partial charge is 0.363 e. The first-order valence-corrected chi connectivity index (χ1v) is 7.05. The van der Waals surface area contributed by atoms with Gasteiger partial charge in [0.25, 0.3) is 0 Å². The lowest BCUT2D eigenvalue weighted by Gasteiger charge is -2.38. The molecule has 0 aromatic carbocycles. The smallest absolute Gasteiger partial charge is 0.246 e. The molecule has 0 bridgehead atoms. The second-order valence-electron chi connectivity index (χ2n) is 4.82. The van der Waals surface area contributed by atoms with E-state index in [1.54, 1.807) is 0 Å². The van der Waals surface area contributed by atoms with Gasteiger partial charge in [-0.25, -0.2) is 0 Å². The van der Waals surface area contributed by atoms with Gasteiger partial charge >= 0.3 is 0 Å². The van der Waals surface area contributed by atoms with Gasteiger partial charge in [0.2, 0.25) is 5.91 Å². The summed E-state index contributed by atoms with van der Waals surface area (Å²) in [7, 11) is 0. The molecule has 2 heterocycles. The Kier molecular flexibility index (Phi) is 4.10. The maximum Gasteiger partial charge on any atom is 0.246 e. The molecule has 2 fully saturated rings. The van der Waals surface area contributed by atoms with Crippen molar-refractivity contribution in [1.82, 2.24) is 10.6 Å². The Labute approximate surface area is 101 Å². The minimum Gasteiger partial charge on any atom is -0.363 e. The first-order chi connectivity index (χ1) is 7.68. The van der Waals surface area contributed by atoms with Gasteiger partial charge in [-0.05, 0) is 25.5 Å².